The van der Waals surface area contributed by atoms with E-state index in [0.717, 1.165) is 31.1 Å². The van der Waals surface area contributed by atoms with Crippen LogP contribution in [0.5, 0.6) is 23.1 Å². The molecular formula is C49H49ClF3N7O7S. The number of fused-ring (bicyclic) bond motifs is 7. The summed E-state index contributed by atoms with van der Waals surface area (Å²) in [6, 6.07) is 16.8. The lowest BCUT2D eigenvalue weighted by Crippen LogP contribution is -2.49. The van der Waals surface area contributed by atoms with Gasteiger partial charge < -0.3 is 38.6 Å². The maximum atomic E-state index is 14.3. The van der Waals surface area contributed by atoms with Crippen LogP contribution in [0.3, 0.4) is 0 Å². The molecule has 0 unspecified atom stereocenters. The van der Waals surface area contributed by atoms with Crippen LogP contribution < -0.4 is 23.8 Å². The number of likely N-dealkylation sites (N-methyl/N-ethyl adjacent to an activating group) is 1. The standard InChI is InChI=1S/C49H49ClF3N7O7S/c1-29-36-8-10-38(42(29)50)66-35(23-59-19-17-58(2)18-20-59)25-63-34-7-9-37(64-24-33-11-14-54-47(57-33)60-15-12-48(13-16-60)26-49(52,53)27-65-48)31(21-34)22-39(46(61)62)67-44-41-40(36)43(68-45(41)56-28-55-44)30-3-5-32(51)6-4-30/h3-11,14,21,28,35,39H,12-13,15-20,22-27H2,1-2H3,(H,61,62)/t35-,39-/m1/s1. The molecule has 5 aliphatic rings. The number of hydrogen-bond donors (Lipinski definition) is 1. The lowest BCUT2D eigenvalue weighted by atomic mass is 9.88. The third-order valence-electron chi connectivity index (χ3n) is 13.1. The number of nitrogens with zero attached hydrogens (tertiary/aromatic N) is 7. The number of anilines is 1. The summed E-state index contributed by atoms with van der Waals surface area (Å²) in [4.78, 5) is 39.5. The second-order valence-electron chi connectivity index (χ2n) is 17.9. The highest BCUT2D eigenvalue weighted by Gasteiger charge is 2.52. The molecule has 3 saturated heterocycles. The molecule has 0 aliphatic carbocycles. The van der Waals surface area contributed by atoms with Gasteiger partial charge in [0, 0.05) is 80.9 Å². The SMILES string of the molecule is Cc1c2ccc(c1Cl)O[C@H](CN1CCN(C)CC1)COc1ccc(OCc3ccnc(N4CCC5(CC4)CC(F)(F)CO5)n3)c(c1)C[C@H](C(=O)O)Oc1ncnc3sc(-c4ccc(F)cc4)c-2c13. The van der Waals surface area contributed by atoms with E-state index in [-0.39, 0.29) is 31.9 Å². The van der Waals surface area contributed by atoms with Crippen molar-refractivity contribution in [1.82, 2.24) is 29.7 Å². The quantitative estimate of drug-likeness (QED) is 0.156. The molecule has 3 aromatic carbocycles. The Morgan fingerprint density at radius 1 is 0.985 bits per heavy atom. The second kappa shape index (κ2) is 19.0. The minimum absolute atomic E-state index is 0.00363. The first kappa shape index (κ1) is 46.0. The largest absolute Gasteiger partial charge is 0.490 e. The normalized spacial score (nSPS) is 20.7. The number of aromatic nitrogens is 4. The number of thiophene rings is 1. The zero-order chi connectivity index (χ0) is 47.2. The Bertz CT molecular complexity index is 2820. The van der Waals surface area contributed by atoms with Crippen LogP contribution >= 0.6 is 22.9 Å². The molecule has 4 bridgehead atoms. The van der Waals surface area contributed by atoms with Crippen molar-refractivity contribution in [3.05, 3.63) is 101 Å². The van der Waals surface area contributed by atoms with Crippen molar-refractivity contribution in [2.45, 2.75) is 62.9 Å². The molecule has 0 radical (unpaired) electrons. The molecule has 11 rings (SSSR count). The highest BCUT2D eigenvalue weighted by atomic mass is 35.5. The van der Waals surface area contributed by atoms with Crippen LogP contribution in [0.1, 0.15) is 36.1 Å². The number of aliphatic carboxylic acids is 1. The summed E-state index contributed by atoms with van der Waals surface area (Å²) in [5.41, 5.74) is 2.96. The molecule has 0 saturated carbocycles. The van der Waals surface area contributed by atoms with E-state index in [4.69, 9.17) is 40.3 Å². The summed E-state index contributed by atoms with van der Waals surface area (Å²) in [6.07, 6.45) is 1.44. The summed E-state index contributed by atoms with van der Waals surface area (Å²) in [5.74, 6) is -2.68. The molecule has 19 heteroatoms. The fraction of sp³-hybridized carbons (Fsp3) is 0.408. The molecule has 1 spiro atoms. The highest BCUT2D eigenvalue weighted by molar-refractivity contribution is 7.22. The molecule has 2 atom stereocenters. The maximum absolute atomic E-state index is 14.3. The third-order valence-corrected chi connectivity index (χ3v) is 14.8. The molecule has 8 heterocycles. The lowest BCUT2D eigenvalue weighted by Gasteiger charge is -2.38. The fourth-order valence-electron chi connectivity index (χ4n) is 9.39. The molecule has 14 nitrogen and oxygen atoms in total. The van der Waals surface area contributed by atoms with Crippen LogP contribution in [0.15, 0.2) is 73.2 Å². The van der Waals surface area contributed by atoms with Gasteiger partial charge in [-0.25, -0.2) is 37.9 Å². The summed E-state index contributed by atoms with van der Waals surface area (Å²) < 4.78 is 74.1. The van der Waals surface area contributed by atoms with Crippen molar-refractivity contribution in [1.29, 1.82) is 0 Å². The zero-order valence-corrected chi connectivity index (χ0v) is 39.0. The molecule has 68 heavy (non-hydrogen) atoms. The average molecular weight is 972 g/mol. The Morgan fingerprint density at radius 3 is 2.53 bits per heavy atom. The Labute approximate surface area is 399 Å². The first-order valence-electron chi connectivity index (χ1n) is 22.6. The number of halogens is 4. The fourth-order valence-corrected chi connectivity index (χ4v) is 10.7. The summed E-state index contributed by atoms with van der Waals surface area (Å²) in [6.45, 7) is 6.46. The van der Waals surface area contributed by atoms with Gasteiger partial charge in [0.25, 0.3) is 5.92 Å². The van der Waals surface area contributed by atoms with Gasteiger partial charge in [0.05, 0.1) is 21.7 Å². The van der Waals surface area contributed by atoms with Crippen molar-refractivity contribution in [3.8, 4) is 44.7 Å². The van der Waals surface area contributed by atoms with E-state index < -0.39 is 42.1 Å². The predicted molar refractivity (Wildman–Crippen MR) is 250 cm³/mol. The lowest BCUT2D eigenvalue weighted by molar-refractivity contribution is -0.145. The Morgan fingerprint density at radius 2 is 1.78 bits per heavy atom. The molecule has 356 valence electrons. The van der Waals surface area contributed by atoms with Crippen LogP contribution in [0.25, 0.3) is 31.8 Å². The number of benzene rings is 3. The Hall–Kier alpha value is -5.79. The van der Waals surface area contributed by atoms with Gasteiger partial charge in [0.1, 0.15) is 60.1 Å². The van der Waals surface area contributed by atoms with Crippen molar-refractivity contribution in [3.63, 3.8) is 0 Å². The third kappa shape index (κ3) is 9.74. The number of carboxylic acids is 1. The molecular weight excluding hydrogens is 923 g/mol. The second-order valence-corrected chi connectivity index (χ2v) is 19.3. The minimum atomic E-state index is -2.82. The Balaban J connectivity index is 0.999. The van der Waals surface area contributed by atoms with Gasteiger partial charge in [0.2, 0.25) is 17.9 Å². The van der Waals surface area contributed by atoms with Crippen molar-refractivity contribution < 1.29 is 46.8 Å². The summed E-state index contributed by atoms with van der Waals surface area (Å²) in [7, 11) is 2.10. The van der Waals surface area contributed by atoms with Gasteiger partial charge in [-0.05, 0) is 86.0 Å². The summed E-state index contributed by atoms with van der Waals surface area (Å²) >= 11 is 8.58. The van der Waals surface area contributed by atoms with Crippen molar-refractivity contribution >= 4 is 45.1 Å². The summed E-state index contributed by atoms with van der Waals surface area (Å²) in [5, 5.41) is 11.7. The van der Waals surface area contributed by atoms with E-state index in [9.17, 15) is 23.1 Å². The first-order valence-corrected chi connectivity index (χ1v) is 23.8. The monoisotopic (exact) mass is 971 g/mol. The van der Waals surface area contributed by atoms with Crippen LogP contribution in [0.4, 0.5) is 19.1 Å². The van der Waals surface area contributed by atoms with Crippen LogP contribution in [0.2, 0.25) is 5.02 Å². The zero-order valence-electron chi connectivity index (χ0n) is 37.4. The van der Waals surface area contributed by atoms with Gasteiger partial charge in [-0.3, -0.25) is 4.90 Å². The number of rotatable bonds is 8. The number of piperidine rings is 1. The van der Waals surface area contributed by atoms with Gasteiger partial charge in [-0.2, -0.15) is 0 Å². The van der Waals surface area contributed by atoms with E-state index in [2.05, 4.69) is 31.8 Å². The van der Waals surface area contributed by atoms with Crippen LogP contribution in [0, 0.1) is 12.7 Å². The maximum Gasteiger partial charge on any atom is 0.345 e. The molecule has 3 fully saturated rings. The van der Waals surface area contributed by atoms with Crippen LogP contribution in [-0.4, -0.2) is 131 Å². The number of piperazine rings is 1. The van der Waals surface area contributed by atoms with Crippen molar-refractivity contribution in [2.24, 2.45) is 0 Å². The van der Waals surface area contributed by atoms with E-state index >= 15 is 0 Å². The minimum Gasteiger partial charge on any atom is -0.490 e. The van der Waals surface area contributed by atoms with Gasteiger partial charge in [-0.1, -0.05) is 29.8 Å². The Kier molecular flexibility index (Phi) is 12.8. The highest BCUT2D eigenvalue weighted by Crippen LogP contribution is 2.50. The number of carboxylic acid groups (broad SMARTS) is 1. The number of hydrogen-bond acceptors (Lipinski definition) is 14. The van der Waals surface area contributed by atoms with Gasteiger partial charge in [-0.15, -0.1) is 11.3 Å². The van der Waals surface area contributed by atoms with E-state index in [0.29, 0.717) is 104 Å². The van der Waals surface area contributed by atoms with Gasteiger partial charge >= 0.3 is 5.97 Å². The van der Waals surface area contributed by atoms with Gasteiger partial charge in [0.15, 0.2) is 0 Å². The average Bonchev–Trinajstić information content (AvgIpc) is 3.86. The molecule has 6 aromatic rings. The number of ether oxygens (including phenoxy) is 5. The van der Waals surface area contributed by atoms with E-state index in [1.165, 1.54) is 29.8 Å². The van der Waals surface area contributed by atoms with E-state index in [1.54, 1.807) is 42.6 Å². The molecule has 0 amide bonds. The van der Waals surface area contributed by atoms with Crippen LogP contribution in [-0.2, 0) is 22.6 Å². The number of carbonyl (C=O) groups is 1. The molecule has 1 N–H and O–H groups in total. The first-order chi connectivity index (χ1) is 32.8. The van der Waals surface area contributed by atoms with E-state index in [1.807, 2.05) is 24.0 Å². The number of alkyl halides is 2. The predicted octanol–water partition coefficient (Wildman–Crippen LogP) is 8.35. The topological polar surface area (TPSA) is 145 Å². The molecule has 3 aromatic heterocycles. The smallest absolute Gasteiger partial charge is 0.345 e. The molecule has 5 aliphatic heterocycles. The van der Waals surface area contributed by atoms with Crippen molar-refractivity contribution in [2.75, 3.05) is 71.0 Å².